The summed E-state index contributed by atoms with van der Waals surface area (Å²) in [6.07, 6.45) is 0. The maximum atomic E-state index is 12.3. The first-order valence-electron chi connectivity index (χ1n) is 5.54. The minimum absolute atomic E-state index is 0.0641. The van der Waals surface area contributed by atoms with Crippen LogP contribution in [0.15, 0.2) is 15.7 Å². The van der Waals surface area contributed by atoms with Gasteiger partial charge in [-0.15, -0.1) is 0 Å². The lowest BCUT2D eigenvalue weighted by Gasteiger charge is -2.22. The first kappa shape index (κ1) is 13.5. The number of H-pyrrole nitrogens is 1. The van der Waals surface area contributed by atoms with Crippen molar-refractivity contribution >= 4 is 22.4 Å². The van der Waals surface area contributed by atoms with E-state index in [0.29, 0.717) is 0 Å². The number of benzene rings is 1. The van der Waals surface area contributed by atoms with E-state index in [1.807, 2.05) is 0 Å². The largest absolute Gasteiger partial charge is 0.504 e. The molecule has 102 valence electrons. The van der Waals surface area contributed by atoms with Crippen LogP contribution in [0.1, 0.15) is 20.8 Å². The van der Waals surface area contributed by atoms with Crippen LogP contribution < -0.4 is 11.1 Å². The van der Waals surface area contributed by atoms with Crippen molar-refractivity contribution in [1.29, 1.82) is 0 Å². The van der Waals surface area contributed by atoms with Crippen molar-refractivity contribution < 1.29 is 10.2 Å². The summed E-state index contributed by atoms with van der Waals surface area (Å²) in [6, 6.07) is 1.02. The lowest BCUT2D eigenvalue weighted by molar-refractivity contribution is 0.337. The Morgan fingerprint density at radius 3 is 2.37 bits per heavy atom. The minimum atomic E-state index is -0.652. The average molecular weight is 285 g/mol. The predicted octanol–water partition coefficient (Wildman–Crippen LogP) is 1.51. The van der Waals surface area contributed by atoms with Crippen LogP contribution in [0, 0.1) is 0 Å². The molecule has 3 N–H and O–H groups in total. The molecule has 0 atom stereocenters. The van der Waals surface area contributed by atoms with Gasteiger partial charge in [0.15, 0.2) is 11.5 Å². The molecule has 1 aromatic carbocycles. The van der Waals surface area contributed by atoms with Gasteiger partial charge in [-0.2, -0.15) is 0 Å². The van der Waals surface area contributed by atoms with Crippen molar-refractivity contribution in [2.75, 3.05) is 0 Å². The van der Waals surface area contributed by atoms with E-state index in [-0.39, 0.29) is 15.8 Å². The van der Waals surface area contributed by atoms with Gasteiger partial charge >= 0.3 is 0 Å². The van der Waals surface area contributed by atoms with E-state index in [1.165, 1.54) is 0 Å². The smallest absolute Gasteiger partial charge is 0.275 e. The van der Waals surface area contributed by atoms with E-state index < -0.39 is 28.2 Å². The lowest BCUT2D eigenvalue weighted by atomic mass is 10.1. The van der Waals surface area contributed by atoms with E-state index in [2.05, 4.69) is 5.10 Å². The highest BCUT2D eigenvalue weighted by atomic mass is 35.5. The molecule has 0 saturated carbocycles. The van der Waals surface area contributed by atoms with Crippen LogP contribution in [0.3, 0.4) is 0 Å². The Labute approximate surface area is 112 Å². The Hall–Kier alpha value is -1.95. The van der Waals surface area contributed by atoms with Gasteiger partial charge < -0.3 is 10.2 Å². The third-order valence-electron chi connectivity index (χ3n) is 2.77. The number of nitrogens with zero attached hydrogens (tertiary/aromatic N) is 1. The highest BCUT2D eigenvalue weighted by Gasteiger charge is 2.22. The number of aromatic nitrogens is 2. The van der Waals surface area contributed by atoms with E-state index in [1.54, 1.807) is 20.8 Å². The molecule has 0 radical (unpaired) electrons. The normalized spacial score (nSPS) is 12.0. The zero-order valence-electron chi connectivity index (χ0n) is 10.6. The first-order valence-corrected chi connectivity index (χ1v) is 5.92. The monoisotopic (exact) mass is 284 g/mol. The molecule has 0 aliphatic heterocycles. The van der Waals surface area contributed by atoms with Crippen LogP contribution in [0.25, 0.3) is 10.8 Å². The van der Waals surface area contributed by atoms with Crippen LogP contribution in [0.5, 0.6) is 11.5 Å². The Balaban J connectivity index is 3.11. The highest BCUT2D eigenvalue weighted by molar-refractivity contribution is 6.37. The van der Waals surface area contributed by atoms with Gasteiger partial charge in [0.1, 0.15) is 0 Å². The summed E-state index contributed by atoms with van der Waals surface area (Å²) in [6.45, 7) is 5.22. The summed E-state index contributed by atoms with van der Waals surface area (Å²) >= 11 is 5.85. The van der Waals surface area contributed by atoms with Crippen LogP contribution in [-0.2, 0) is 5.54 Å². The van der Waals surface area contributed by atoms with Gasteiger partial charge in [0, 0.05) is 0 Å². The van der Waals surface area contributed by atoms with Crippen LogP contribution >= 0.6 is 11.6 Å². The number of rotatable bonds is 0. The second-order valence-electron chi connectivity index (χ2n) is 5.23. The van der Waals surface area contributed by atoms with Crippen LogP contribution in [-0.4, -0.2) is 20.0 Å². The molecule has 1 aromatic heterocycles. The fourth-order valence-electron chi connectivity index (χ4n) is 1.81. The van der Waals surface area contributed by atoms with Crippen molar-refractivity contribution in [3.05, 3.63) is 31.8 Å². The fraction of sp³-hybridized carbons (Fsp3) is 0.333. The zero-order chi connectivity index (χ0) is 14.5. The summed E-state index contributed by atoms with van der Waals surface area (Å²) in [5.41, 5.74) is -1.76. The van der Waals surface area contributed by atoms with Gasteiger partial charge in [-0.25, -0.2) is 4.68 Å². The van der Waals surface area contributed by atoms with E-state index in [9.17, 15) is 19.8 Å². The summed E-state index contributed by atoms with van der Waals surface area (Å²) in [4.78, 5) is 24.3. The number of aromatic hydroxyl groups is 2. The number of aromatic amines is 1. The van der Waals surface area contributed by atoms with Crippen molar-refractivity contribution in [1.82, 2.24) is 9.78 Å². The molecule has 0 saturated heterocycles. The minimum Gasteiger partial charge on any atom is -0.504 e. The standard InChI is InChI=1S/C12H13ClN2O4/c1-12(2,3)15-11(19)7-5(10(18)14-15)4-6(16)9(17)8(7)13/h4,16-17H,1-3H3,(H,14,18). The molecule has 0 aliphatic carbocycles. The molecule has 0 spiro atoms. The zero-order valence-corrected chi connectivity index (χ0v) is 11.4. The fourth-order valence-corrected chi connectivity index (χ4v) is 2.09. The van der Waals surface area contributed by atoms with Crippen LogP contribution in [0.2, 0.25) is 5.02 Å². The second kappa shape index (κ2) is 4.03. The van der Waals surface area contributed by atoms with Crippen molar-refractivity contribution in [3.8, 4) is 11.5 Å². The van der Waals surface area contributed by atoms with E-state index in [4.69, 9.17) is 11.6 Å². The third kappa shape index (κ3) is 1.98. The molecule has 2 aromatic rings. The Morgan fingerprint density at radius 1 is 1.26 bits per heavy atom. The molecule has 0 aliphatic rings. The summed E-state index contributed by atoms with van der Waals surface area (Å²) < 4.78 is 1.14. The molecule has 7 heteroatoms. The molecule has 0 amide bonds. The Bertz CT molecular complexity index is 783. The molecule has 6 nitrogen and oxygen atoms in total. The number of fused-ring (bicyclic) bond motifs is 1. The first-order chi connectivity index (χ1) is 8.64. The SMILES string of the molecule is CC(C)(C)n1[nH]c(=O)c2cc(O)c(O)c(Cl)c2c1=O. The second-order valence-corrected chi connectivity index (χ2v) is 5.61. The maximum absolute atomic E-state index is 12.3. The number of phenols is 2. The molecule has 1 heterocycles. The van der Waals surface area contributed by atoms with Gasteiger partial charge in [-0.1, -0.05) is 11.6 Å². The predicted molar refractivity (Wildman–Crippen MR) is 72.2 cm³/mol. The highest BCUT2D eigenvalue weighted by Crippen LogP contribution is 2.36. The van der Waals surface area contributed by atoms with Gasteiger partial charge in [0.05, 0.1) is 21.3 Å². The van der Waals surface area contributed by atoms with Gasteiger partial charge in [-0.3, -0.25) is 14.7 Å². The molecule has 0 fully saturated rings. The quantitative estimate of drug-likeness (QED) is 0.639. The topological polar surface area (TPSA) is 95.3 Å². The van der Waals surface area contributed by atoms with Crippen molar-refractivity contribution in [3.63, 3.8) is 0 Å². The number of hydrogen-bond donors (Lipinski definition) is 3. The van der Waals surface area contributed by atoms with E-state index in [0.717, 1.165) is 10.7 Å². The van der Waals surface area contributed by atoms with Crippen LogP contribution in [0.4, 0.5) is 0 Å². The molecule has 0 unspecified atom stereocenters. The molecule has 2 rings (SSSR count). The van der Waals surface area contributed by atoms with Gasteiger partial charge in [0.25, 0.3) is 11.1 Å². The third-order valence-corrected chi connectivity index (χ3v) is 3.13. The number of halogens is 1. The molecule has 0 bridgehead atoms. The Morgan fingerprint density at radius 2 is 1.84 bits per heavy atom. The molecule has 19 heavy (non-hydrogen) atoms. The van der Waals surface area contributed by atoms with Gasteiger partial charge in [-0.05, 0) is 26.8 Å². The van der Waals surface area contributed by atoms with Crippen molar-refractivity contribution in [2.24, 2.45) is 0 Å². The summed E-state index contributed by atoms with van der Waals surface area (Å²) in [5.74, 6) is -1.16. The van der Waals surface area contributed by atoms with E-state index >= 15 is 0 Å². The number of hydrogen-bond acceptors (Lipinski definition) is 4. The lowest BCUT2D eigenvalue weighted by Crippen LogP contribution is -2.39. The summed E-state index contributed by atoms with van der Waals surface area (Å²) in [7, 11) is 0. The molecular formula is C12H13ClN2O4. The van der Waals surface area contributed by atoms with Gasteiger partial charge in [0.2, 0.25) is 0 Å². The number of phenolic OH excluding ortho intramolecular Hbond substituents is 2. The Kier molecular flexibility index (Phi) is 2.86. The summed E-state index contributed by atoms with van der Waals surface area (Å²) in [5, 5.41) is 20.9. The molecular weight excluding hydrogens is 272 g/mol. The average Bonchev–Trinajstić information content (AvgIpc) is 2.28. The maximum Gasteiger partial charge on any atom is 0.275 e. The van der Waals surface area contributed by atoms with Crippen molar-refractivity contribution in [2.45, 2.75) is 26.3 Å². The number of nitrogens with one attached hydrogen (secondary N) is 1.